The van der Waals surface area contributed by atoms with Crippen LogP contribution in [0.1, 0.15) is 39.2 Å². The Morgan fingerprint density at radius 1 is 1.04 bits per heavy atom. The predicted molar refractivity (Wildman–Crippen MR) is 107 cm³/mol. The monoisotopic (exact) mass is 346 g/mol. The third-order valence-electron chi connectivity index (χ3n) is 5.79. The van der Waals surface area contributed by atoms with Gasteiger partial charge in [-0.2, -0.15) is 0 Å². The van der Waals surface area contributed by atoms with Crippen molar-refractivity contribution >= 4 is 16.8 Å². The molecule has 4 rings (SSSR count). The maximum absolute atomic E-state index is 13.1. The number of benzene rings is 2. The number of aromatic nitrogens is 1. The lowest BCUT2D eigenvalue weighted by molar-refractivity contribution is 0.0790. The van der Waals surface area contributed by atoms with Crippen molar-refractivity contribution in [2.45, 2.75) is 39.7 Å². The Morgan fingerprint density at radius 2 is 1.81 bits per heavy atom. The molecule has 0 radical (unpaired) electrons. The summed E-state index contributed by atoms with van der Waals surface area (Å²) in [5.74, 6) is 0.166. The topological polar surface area (TPSA) is 25.2 Å². The van der Waals surface area contributed by atoms with E-state index < -0.39 is 0 Å². The third-order valence-corrected chi connectivity index (χ3v) is 5.79. The molecule has 3 heteroatoms. The second-order valence-electron chi connectivity index (χ2n) is 7.45. The van der Waals surface area contributed by atoms with E-state index >= 15 is 0 Å². The number of nitrogens with zero attached hydrogens (tertiary/aromatic N) is 2. The first kappa shape index (κ1) is 16.9. The summed E-state index contributed by atoms with van der Waals surface area (Å²) < 4.78 is 2.30. The zero-order valence-corrected chi connectivity index (χ0v) is 15.9. The van der Waals surface area contributed by atoms with Gasteiger partial charge in [0, 0.05) is 25.5 Å². The van der Waals surface area contributed by atoms with Gasteiger partial charge in [-0.1, -0.05) is 42.5 Å². The van der Waals surface area contributed by atoms with Crippen molar-refractivity contribution in [1.82, 2.24) is 9.47 Å². The van der Waals surface area contributed by atoms with Crippen LogP contribution < -0.4 is 0 Å². The summed E-state index contributed by atoms with van der Waals surface area (Å²) >= 11 is 0. The van der Waals surface area contributed by atoms with Crippen molar-refractivity contribution in [2.24, 2.45) is 0 Å². The summed E-state index contributed by atoms with van der Waals surface area (Å²) in [6.45, 7) is 6.00. The number of hydrogen-bond acceptors (Lipinski definition) is 1. The van der Waals surface area contributed by atoms with Gasteiger partial charge in [-0.15, -0.1) is 0 Å². The maximum atomic E-state index is 13.1. The molecule has 0 unspecified atom stereocenters. The molecule has 2 heterocycles. The number of rotatable bonds is 3. The second-order valence-corrected chi connectivity index (χ2v) is 7.45. The highest BCUT2D eigenvalue weighted by Crippen LogP contribution is 2.33. The molecular weight excluding hydrogens is 320 g/mol. The van der Waals surface area contributed by atoms with Crippen molar-refractivity contribution in [3.8, 4) is 0 Å². The van der Waals surface area contributed by atoms with Crippen molar-refractivity contribution in [2.75, 3.05) is 13.6 Å². The fourth-order valence-electron chi connectivity index (χ4n) is 4.18. The average molecular weight is 346 g/mol. The van der Waals surface area contributed by atoms with Crippen LogP contribution in [-0.2, 0) is 19.4 Å². The van der Waals surface area contributed by atoms with Gasteiger partial charge < -0.3 is 9.47 Å². The molecule has 0 saturated carbocycles. The Morgan fingerprint density at radius 3 is 2.58 bits per heavy atom. The third kappa shape index (κ3) is 2.72. The molecule has 1 amide bonds. The van der Waals surface area contributed by atoms with E-state index in [2.05, 4.69) is 54.8 Å². The minimum atomic E-state index is 0.166. The highest BCUT2D eigenvalue weighted by Gasteiger charge is 2.28. The van der Waals surface area contributed by atoms with Gasteiger partial charge in [0.15, 0.2) is 0 Å². The maximum Gasteiger partial charge on any atom is 0.270 e. The Bertz CT molecular complexity index is 969. The molecular formula is C23H26N2O. The van der Waals surface area contributed by atoms with Crippen LogP contribution in [0.4, 0.5) is 0 Å². The molecule has 1 aliphatic heterocycles. The van der Waals surface area contributed by atoms with E-state index in [1.165, 1.54) is 33.2 Å². The van der Waals surface area contributed by atoms with Crippen LogP contribution in [0, 0.1) is 13.8 Å². The molecule has 1 aromatic heterocycles. The molecule has 0 bridgehead atoms. The van der Waals surface area contributed by atoms with E-state index in [1.807, 2.05) is 18.0 Å². The van der Waals surface area contributed by atoms with E-state index in [1.54, 1.807) is 0 Å². The molecule has 2 aromatic carbocycles. The van der Waals surface area contributed by atoms with Gasteiger partial charge in [0.05, 0.1) is 5.52 Å². The van der Waals surface area contributed by atoms with Gasteiger partial charge in [0.2, 0.25) is 0 Å². The summed E-state index contributed by atoms with van der Waals surface area (Å²) in [5, 5.41) is 1.26. The number of hydrogen-bond donors (Lipinski definition) is 0. The highest BCUT2D eigenvalue weighted by molar-refractivity contribution is 6.03. The van der Waals surface area contributed by atoms with Crippen LogP contribution in [0.25, 0.3) is 10.9 Å². The summed E-state index contributed by atoms with van der Waals surface area (Å²) in [5.41, 5.74) is 7.28. The van der Waals surface area contributed by atoms with Crippen molar-refractivity contribution in [3.63, 3.8) is 0 Å². The number of amides is 1. The minimum absolute atomic E-state index is 0.166. The smallest absolute Gasteiger partial charge is 0.270 e. The molecule has 0 atom stereocenters. The van der Waals surface area contributed by atoms with E-state index in [-0.39, 0.29) is 5.91 Å². The SMILES string of the molecule is Cc1ccc2c3c(n(CCc4ccccc4)c2c1C)C(=O)N(C)CCC3. The fourth-order valence-corrected chi connectivity index (χ4v) is 4.18. The van der Waals surface area contributed by atoms with Crippen LogP contribution in [0.5, 0.6) is 0 Å². The minimum Gasteiger partial charge on any atom is -0.340 e. The molecule has 1 aliphatic rings. The van der Waals surface area contributed by atoms with Crippen LogP contribution in [-0.4, -0.2) is 29.0 Å². The molecule has 0 fully saturated rings. The summed E-state index contributed by atoms with van der Waals surface area (Å²) in [6.07, 6.45) is 2.93. The number of fused-ring (bicyclic) bond motifs is 3. The highest BCUT2D eigenvalue weighted by atomic mass is 16.2. The lowest BCUT2D eigenvalue weighted by Gasteiger charge is -2.17. The first-order valence-corrected chi connectivity index (χ1v) is 9.48. The largest absolute Gasteiger partial charge is 0.340 e. The molecule has 0 N–H and O–H groups in total. The van der Waals surface area contributed by atoms with Gasteiger partial charge in [0.1, 0.15) is 5.69 Å². The fraction of sp³-hybridized carbons (Fsp3) is 0.348. The lowest BCUT2D eigenvalue weighted by atomic mass is 10.0. The number of carbonyl (C=O) groups excluding carboxylic acids is 1. The van der Waals surface area contributed by atoms with Gasteiger partial charge in [-0.3, -0.25) is 4.79 Å². The van der Waals surface area contributed by atoms with Gasteiger partial charge in [0.25, 0.3) is 5.91 Å². The summed E-state index contributed by atoms with van der Waals surface area (Å²) in [4.78, 5) is 15.0. The molecule has 3 aromatic rings. The number of carbonyl (C=O) groups is 1. The molecule has 26 heavy (non-hydrogen) atoms. The first-order chi connectivity index (χ1) is 12.6. The average Bonchev–Trinajstić information content (AvgIpc) is 2.89. The molecule has 134 valence electrons. The Hall–Kier alpha value is -2.55. The van der Waals surface area contributed by atoms with Crippen LogP contribution in [0.2, 0.25) is 0 Å². The summed E-state index contributed by atoms with van der Waals surface area (Å²) in [6, 6.07) is 14.9. The van der Waals surface area contributed by atoms with E-state index in [4.69, 9.17) is 0 Å². The quantitative estimate of drug-likeness (QED) is 0.684. The Labute approximate surface area is 155 Å². The van der Waals surface area contributed by atoms with Gasteiger partial charge >= 0.3 is 0 Å². The zero-order valence-electron chi connectivity index (χ0n) is 15.9. The van der Waals surface area contributed by atoms with Gasteiger partial charge in [-0.25, -0.2) is 0 Å². The first-order valence-electron chi connectivity index (χ1n) is 9.48. The predicted octanol–water partition coefficient (Wildman–Crippen LogP) is 4.52. The van der Waals surface area contributed by atoms with Crippen molar-refractivity contribution < 1.29 is 4.79 Å². The molecule has 0 saturated heterocycles. The van der Waals surface area contributed by atoms with Crippen LogP contribution in [0.15, 0.2) is 42.5 Å². The normalized spacial score (nSPS) is 14.6. The van der Waals surface area contributed by atoms with E-state index in [0.29, 0.717) is 0 Å². The standard InChI is InChI=1S/C23H26N2O/c1-16-11-12-20-19-10-7-14-24(3)23(26)22(19)25(21(20)17(16)2)15-13-18-8-5-4-6-9-18/h4-6,8-9,11-12H,7,10,13-15H2,1-3H3. The summed E-state index contributed by atoms with van der Waals surface area (Å²) in [7, 11) is 1.93. The van der Waals surface area contributed by atoms with Gasteiger partial charge in [-0.05, 0) is 55.4 Å². The van der Waals surface area contributed by atoms with E-state index in [9.17, 15) is 4.79 Å². The van der Waals surface area contributed by atoms with E-state index in [0.717, 1.165) is 38.0 Å². The second kappa shape index (κ2) is 6.64. The zero-order chi connectivity index (χ0) is 18.3. The molecule has 3 nitrogen and oxygen atoms in total. The van der Waals surface area contributed by atoms with Crippen LogP contribution in [0.3, 0.4) is 0 Å². The number of aryl methyl sites for hydroxylation is 5. The Balaban J connectivity index is 1.90. The molecule has 0 spiro atoms. The molecule has 0 aliphatic carbocycles. The van der Waals surface area contributed by atoms with Crippen molar-refractivity contribution in [1.29, 1.82) is 0 Å². The lowest BCUT2D eigenvalue weighted by Crippen LogP contribution is -2.28. The van der Waals surface area contributed by atoms with Crippen molar-refractivity contribution in [3.05, 3.63) is 70.4 Å². The Kier molecular flexibility index (Phi) is 4.31. The van der Waals surface area contributed by atoms with Crippen LogP contribution >= 0.6 is 0 Å².